The zero-order chi connectivity index (χ0) is 8.43. The zero-order valence-electron chi connectivity index (χ0n) is 7.00. The Labute approximate surface area is 71.4 Å². The van der Waals surface area contributed by atoms with Crippen LogP contribution in [0.15, 0.2) is 0 Å². The minimum absolute atomic E-state index is 0.529. The van der Waals surface area contributed by atoms with E-state index in [-0.39, 0.29) is 0 Å². The van der Waals surface area contributed by atoms with E-state index in [0.717, 1.165) is 12.1 Å². The molecule has 1 aromatic heterocycles. The van der Waals surface area contributed by atoms with Crippen LogP contribution in [0.25, 0.3) is 0 Å². The molecule has 0 N–H and O–H groups in total. The Balaban J connectivity index is 2.83. The van der Waals surface area contributed by atoms with E-state index in [1.54, 1.807) is 4.68 Å². The summed E-state index contributed by atoms with van der Waals surface area (Å²) in [6, 6.07) is 0. The number of halogens is 1. The molecule has 0 radical (unpaired) electrons. The summed E-state index contributed by atoms with van der Waals surface area (Å²) in [6.07, 6.45) is 0.933. The van der Waals surface area contributed by atoms with Gasteiger partial charge in [0, 0.05) is 7.05 Å². The van der Waals surface area contributed by atoms with E-state index in [2.05, 4.69) is 24.2 Å². The smallest absolute Gasteiger partial charge is 0.174 e. The lowest BCUT2D eigenvalue weighted by atomic mass is 10.1. The van der Waals surface area contributed by atoms with Crippen molar-refractivity contribution in [1.82, 2.24) is 15.0 Å². The molecule has 0 aliphatic carbocycles. The molecule has 0 aliphatic heterocycles. The molecule has 0 saturated heterocycles. The van der Waals surface area contributed by atoms with Crippen LogP contribution in [0.3, 0.4) is 0 Å². The molecule has 0 saturated carbocycles. The first-order chi connectivity index (χ1) is 5.11. The van der Waals surface area contributed by atoms with E-state index in [1.807, 2.05) is 7.05 Å². The second-order valence-corrected chi connectivity index (χ2v) is 3.41. The van der Waals surface area contributed by atoms with Crippen LogP contribution in [-0.4, -0.2) is 15.0 Å². The van der Waals surface area contributed by atoms with Crippen LogP contribution in [-0.2, 0) is 13.5 Å². The Bertz CT molecular complexity index is 222. The van der Waals surface area contributed by atoms with Gasteiger partial charge in [0.2, 0.25) is 0 Å². The predicted octanol–water partition coefficient (Wildman–Crippen LogP) is 1.67. The molecular formula is C7H12ClN3. The molecule has 0 aromatic carbocycles. The first-order valence-corrected chi connectivity index (χ1v) is 4.03. The average molecular weight is 174 g/mol. The summed E-state index contributed by atoms with van der Waals surface area (Å²) in [5.74, 6) is 0.588. The lowest BCUT2D eigenvalue weighted by molar-refractivity contribution is 0.590. The number of aryl methyl sites for hydroxylation is 1. The Morgan fingerprint density at radius 3 is 2.55 bits per heavy atom. The topological polar surface area (TPSA) is 30.7 Å². The molecule has 4 heteroatoms. The molecule has 1 rings (SSSR count). The SMILES string of the molecule is CC(C)Cc1c(Cl)nnn1C. The van der Waals surface area contributed by atoms with Crippen molar-refractivity contribution < 1.29 is 0 Å². The minimum Gasteiger partial charge on any atom is -0.251 e. The minimum atomic E-state index is 0.529. The summed E-state index contributed by atoms with van der Waals surface area (Å²) in [5, 5.41) is 8.08. The van der Waals surface area contributed by atoms with Gasteiger partial charge in [-0.25, -0.2) is 0 Å². The third kappa shape index (κ3) is 1.93. The Morgan fingerprint density at radius 1 is 1.55 bits per heavy atom. The molecule has 1 aromatic rings. The van der Waals surface area contributed by atoms with Crippen molar-refractivity contribution in [3.8, 4) is 0 Å². The van der Waals surface area contributed by atoms with E-state index >= 15 is 0 Å². The molecule has 62 valence electrons. The van der Waals surface area contributed by atoms with Crippen molar-refractivity contribution in [3.05, 3.63) is 10.8 Å². The van der Waals surface area contributed by atoms with Crippen LogP contribution in [0.1, 0.15) is 19.5 Å². The average Bonchev–Trinajstić information content (AvgIpc) is 2.18. The fourth-order valence-electron chi connectivity index (χ4n) is 0.955. The van der Waals surface area contributed by atoms with E-state index in [4.69, 9.17) is 11.6 Å². The molecular weight excluding hydrogens is 162 g/mol. The monoisotopic (exact) mass is 173 g/mol. The maximum absolute atomic E-state index is 5.79. The molecule has 0 spiro atoms. The summed E-state index contributed by atoms with van der Waals surface area (Å²) in [5.41, 5.74) is 1.02. The third-order valence-electron chi connectivity index (χ3n) is 1.50. The lowest BCUT2D eigenvalue weighted by Crippen LogP contribution is -2.02. The number of nitrogens with zero attached hydrogens (tertiary/aromatic N) is 3. The fraction of sp³-hybridized carbons (Fsp3) is 0.714. The van der Waals surface area contributed by atoms with Gasteiger partial charge >= 0.3 is 0 Å². The normalized spacial score (nSPS) is 11.0. The summed E-state index contributed by atoms with van der Waals surface area (Å²) in [7, 11) is 1.86. The van der Waals surface area contributed by atoms with Crippen LogP contribution in [0, 0.1) is 5.92 Å². The molecule has 0 unspecified atom stereocenters. The van der Waals surface area contributed by atoms with Gasteiger partial charge in [0.1, 0.15) is 0 Å². The van der Waals surface area contributed by atoms with Crippen LogP contribution >= 0.6 is 11.6 Å². The van der Waals surface area contributed by atoms with Crippen LogP contribution < -0.4 is 0 Å². The van der Waals surface area contributed by atoms with Gasteiger partial charge in [-0.1, -0.05) is 30.7 Å². The molecule has 1 heterocycles. The largest absolute Gasteiger partial charge is 0.251 e. The van der Waals surface area contributed by atoms with Crippen molar-refractivity contribution >= 4 is 11.6 Å². The van der Waals surface area contributed by atoms with Gasteiger partial charge in [0.25, 0.3) is 0 Å². The molecule has 0 amide bonds. The second-order valence-electron chi connectivity index (χ2n) is 3.05. The Kier molecular flexibility index (Phi) is 2.49. The van der Waals surface area contributed by atoms with Crippen molar-refractivity contribution in [2.45, 2.75) is 20.3 Å². The standard InChI is InChI=1S/C7H12ClN3/c1-5(2)4-6-7(8)9-10-11(6)3/h5H,4H2,1-3H3. The number of aromatic nitrogens is 3. The van der Waals surface area contributed by atoms with Crippen LogP contribution in [0.5, 0.6) is 0 Å². The molecule has 3 nitrogen and oxygen atoms in total. The van der Waals surface area contributed by atoms with E-state index in [1.165, 1.54) is 0 Å². The quantitative estimate of drug-likeness (QED) is 0.681. The van der Waals surface area contributed by atoms with Gasteiger partial charge in [0.15, 0.2) is 5.15 Å². The third-order valence-corrected chi connectivity index (χ3v) is 1.79. The first kappa shape index (κ1) is 8.53. The first-order valence-electron chi connectivity index (χ1n) is 3.65. The molecule has 0 fully saturated rings. The molecule has 0 aliphatic rings. The van der Waals surface area contributed by atoms with Crippen molar-refractivity contribution in [2.75, 3.05) is 0 Å². The van der Waals surface area contributed by atoms with Gasteiger partial charge in [-0.05, 0) is 12.3 Å². The predicted molar refractivity (Wildman–Crippen MR) is 44.6 cm³/mol. The van der Waals surface area contributed by atoms with Crippen molar-refractivity contribution in [1.29, 1.82) is 0 Å². The summed E-state index contributed by atoms with van der Waals surface area (Å²) in [4.78, 5) is 0. The Hall–Kier alpha value is -0.570. The molecule has 11 heavy (non-hydrogen) atoms. The highest BCUT2D eigenvalue weighted by Gasteiger charge is 2.08. The summed E-state index contributed by atoms with van der Waals surface area (Å²) < 4.78 is 1.72. The highest BCUT2D eigenvalue weighted by Crippen LogP contribution is 2.14. The maximum Gasteiger partial charge on any atom is 0.174 e. The fourth-order valence-corrected chi connectivity index (χ4v) is 1.19. The number of rotatable bonds is 2. The Morgan fingerprint density at radius 2 is 2.18 bits per heavy atom. The lowest BCUT2D eigenvalue weighted by Gasteiger charge is -2.03. The van der Waals surface area contributed by atoms with Gasteiger partial charge in [-0.15, -0.1) is 5.10 Å². The van der Waals surface area contributed by atoms with Crippen LogP contribution in [0.4, 0.5) is 0 Å². The van der Waals surface area contributed by atoms with E-state index < -0.39 is 0 Å². The van der Waals surface area contributed by atoms with Gasteiger partial charge in [-0.2, -0.15) is 0 Å². The highest BCUT2D eigenvalue weighted by atomic mass is 35.5. The molecule has 0 bridgehead atoms. The molecule has 0 atom stereocenters. The maximum atomic E-state index is 5.79. The van der Waals surface area contributed by atoms with Crippen molar-refractivity contribution in [3.63, 3.8) is 0 Å². The van der Waals surface area contributed by atoms with E-state index in [0.29, 0.717) is 11.1 Å². The summed E-state index contributed by atoms with van der Waals surface area (Å²) in [6.45, 7) is 4.28. The van der Waals surface area contributed by atoms with Gasteiger partial charge < -0.3 is 0 Å². The summed E-state index contributed by atoms with van der Waals surface area (Å²) >= 11 is 5.79. The highest BCUT2D eigenvalue weighted by molar-refractivity contribution is 6.29. The van der Waals surface area contributed by atoms with Crippen LogP contribution in [0.2, 0.25) is 5.15 Å². The second kappa shape index (κ2) is 3.22. The zero-order valence-corrected chi connectivity index (χ0v) is 7.76. The number of hydrogen-bond acceptors (Lipinski definition) is 2. The van der Waals surface area contributed by atoms with Gasteiger partial charge in [-0.3, -0.25) is 4.68 Å². The van der Waals surface area contributed by atoms with Crippen molar-refractivity contribution in [2.24, 2.45) is 13.0 Å². The van der Waals surface area contributed by atoms with E-state index in [9.17, 15) is 0 Å². The number of hydrogen-bond donors (Lipinski definition) is 0. The van der Waals surface area contributed by atoms with Gasteiger partial charge in [0.05, 0.1) is 5.69 Å².